The van der Waals surface area contributed by atoms with Gasteiger partial charge in [0.05, 0.1) is 11.9 Å². The quantitative estimate of drug-likeness (QED) is 0.833. The number of amides is 1. The molecule has 5 heteroatoms. The molecule has 1 atom stereocenters. The number of aromatic nitrogens is 1. The average molecular weight is 270 g/mol. The highest BCUT2D eigenvalue weighted by Gasteiger charge is 2.25. The monoisotopic (exact) mass is 269 g/mol. The number of rotatable bonds is 1. The number of pyridine rings is 1. The molecule has 0 spiro atoms. The fourth-order valence-electron chi connectivity index (χ4n) is 1.69. The van der Waals surface area contributed by atoms with E-state index in [0.29, 0.717) is 6.54 Å². The number of anilines is 1. The number of hydrogen-bond donors (Lipinski definition) is 1. The molecule has 1 aromatic heterocycles. The molecular formula is C10H12BrN3O. The molecule has 0 saturated carbocycles. The van der Waals surface area contributed by atoms with Crippen molar-refractivity contribution in [1.29, 1.82) is 0 Å². The Kier molecular flexibility index (Phi) is 2.90. The van der Waals surface area contributed by atoms with Crippen LogP contribution in [0.2, 0.25) is 0 Å². The van der Waals surface area contributed by atoms with Crippen molar-refractivity contribution in [2.75, 3.05) is 18.0 Å². The Balaban J connectivity index is 2.26. The highest BCUT2D eigenvalue weighted by Crippen LogP contribution is 2.21. The first-order valence-corrected chi connectivity index (χ1v) is 5.62. The van der Waals surface area contributed by atoms with Crippen LogP contribution in [0, 0.1) is 0 Å². The summed E-state index contributed by atoms with van der Waals surface area (Å²) in [5.41, 5.74) is 0.978. The third-order valence-electron chi connectivity index (χ3n) is 2.52. The Morgan fingerprint density at radius 3 is 3.13 bits per heavy atom. The van der Waals surface area contributed by atoms with Crippen molar-refractivity contribution >= 4 is 27.5 Å². The number of carbonyl (C=O) groups excluding carboxylic acids is 1. The molecule has 4 nitrogen and oxygen atoms in total. The van der Waals surface area contributed by atoms with E-state index in [-0.39, 0.29) is 11.9 Å². The van der Waals surface area contributed by atoms with Gasteiger partial charge in [-0.2, -0.15) is 0 Å². The smallest absolute Gasteiger partial charge is 0.242 e. The van der Waals surface area contributed by atoms with Gasteiger partial charge in [0.25, 0.3) is 0 Å². The molecule has 1 aliphatic heterocycles. The van der Waals surface area contributed by atoms with E-state index >= 15 is 0 Å². The number of halogens is 1. The molecule has 2 rings (SSSR count). The molecule has 1 N–H and O–H groups in total. The maximum absolute atomic E-state index is 11.5. The normalized spacial score (nSPS) is 21.3. The lowest BCUT2D eigenvalue weighted by Crippen LogP contribution is -2.54. The van der Waals surface area contributed by atoms with E-state index in [4.69, 9.17) is 0 Å². The van der Waals surface area contributed by atoms with Crippen molar-refractivity contribution in [3.05, 3.63) is 22.9 Å². The van der Waals surface area contributed by atoms with Gasteiger partial charge in [-0.1, -0.05) is 0 Å². The van der Waals surface area contributed by atoms with E-state index < -0.39 is 0 Å². The van der Waals surface area contributed by atoms with Gasteiger partial charge in [0.15, 0.2) is 0 Å². The molecule has 2 heterocycles. The molecular weight excluding hydrogens is 258 g/mol. The van der Waals surface area contributed by atoms with Crippen LogP contribution in [0.4, 0.5) is 5.69 Å². The minimum absolute atomic E-state index is 0.0706. The predicted octanol–water partition coefficient (Wildman–Crippen LogP) is 1.17. The highest BCUT2D eigenvalue weighted by molar-refractivity contribution is 9.10. The molecule has 1 aromatic rings. The fourth-order valence-corrected chi connectivity index (χ4v) is 2.05. The van der Waals surface area contributed by atoms with Gasteiger partial charge in [0.1, 0.15) is 6.04 Å². The zero-order valence-corrected chi connectivity index (χ0v) is 9.99. The van der Waals surface area contributed by atoms with Gasteiger partial charge < -0.3 is 10.2 Å². The molecule has 15 heavy (non-hydrogen) atoms. The Hall–Kier alpha value is -1.10. The zero-order chi connectivity index (χ0) is 10.8. The average Bonchev–Trinajstić information content (AvgIpc) is 2.22. The van der Waals surface area contributed by atoms with Crippen molar-refractivity contribution in [3.8, 4) is 0 Å². The topological polar surface area (TPSA) is 45.2 Å². The van der Waals surface area contributed by atoms with E-state index in [1.165, 1.54) is 0 Å². The van der Waals surface area contributed by atoms with Crippen LogP contribution in [0.5, 0.6) is 0 Å². The largest absolute Gasteiger partial charge is 0.357 e. The van der Waals surface area contributed by atoms with E-state index in [0.717, 1.165) is 16.7 Å². The molecule has 1 fully saturated rings. The van der Waals surface area contributed by atoms with Gasteiger partial charge in [-0.15, -0.1) is 0 Å². The third-order valence-corrected chi connectivity index (χ3v) is 2.95. The molecule has 0 radical (unpaired) electrons. The molecule has 1 aliphatic rings. The van der Waals surface area contributed by atoms with Gasteiger partial charge >= 0.3 is 0 Å². The minimum atomic E-state index is -0.130. The number of nitrogens with one attached hydrogen (secondary N) is 1. The Morgan fingerprint density at radius 2 is 2.40 bits per heavy atom. The third kappa shape index (κ3) is 2.12. The summed E-state index contributed by atoms with van der Waals surface area (Å²) < 4.78 is 0.929. The van der Waals surface area contributed by atoms with Crippen LogP contribution < -0.4 is 10.2 Å². The second kappa shape index (κ2) is 4.18. The summed E-state index contributed by atoms with van der Waals surface area (Å²) in [7, 11) is 0. The number of hydrogen-bond acceptors (Lipinski definition) is 3. The summed E-state index contributed by atoms with van der Waals surface area (Å²) >= 11 is 3.37. The maximum Gasteiger partial charge on any atom is 0.242 e. The summed E-state index contributed by atoms with van der Waals surface area (Å²) in [5.74, 6) is 0.0706. The van der Waals surface area contributed by atoms with Crippen LogP contribution in [0.1, 0.15) is 6.92 Å². The maximum atomic E-state index is 11.5. The second-order valence-electron chi connectivity index (χ2n) is 3.52. The minimum Gasteiger partial charge on any atom is -0.357 e. The number of carbonyl (C=O) groups is 1. The van der Waals surface area contributed by atoms with E-state index in [1.54, 1.807) is 12.4 Å². The Labute approximate surface area is 96.8 Å². The number of piperazine rings is 1. The van der Waals surface area contributed by atoms with Crippen molar-refractivity contribution in [2.24, 2.45) is 0 Å². The lowest BCUT2D eigenvalue weighted by atomic mass is 10.2. The first-order chi connectivity index (χ1) is 7.18. The highest BCUT2D eigenvalue weighted by atomic mass is 79.9. The van der Waals surface area contributed by atoms with Crippen molar-refractivity contribution < 1.29 is 4.79 Å². The molecule has 0 aromatic carbocycles. The van der Waals surface area contributed by atoms with Crippen LogP contribution >= 0.6 is 15.9 Å². The van der Waals surface area contributed by atoms with E-state index in [2.05, 4.69) is 31.1 Å². The van der Waals surface area contributed by atoms with Crippen LogP contribution in [0.25, 0.3) is 0 Å². The van der Waals surface area contributed by atoms with Crippen LogP contribution in [-0.4, -0.2) is 30.0 Å². The van der Waals surface area contributed by atoms with Crippen LogP contribution in [0.15, 0.2) is 22.9 Å². The first-order valence-electron chi connectivity index (χ1n) is 4.83. The summed E-state index contributed by atoms with van der Waals surface area (Å²) in [6, 6.07) is 1.84. The lowest BCUT2D eigenvalue weighted by molar-refractivity contribution is -0.122. The van der Waals surface area contributed by atoms with Gasteiger partial charge in [0.2, 0.25) is 5.91 Å². The van der Waals surface area contributed by atoms with E-state index in [9.17, 15) is 4.79 Å². The van der Waals surface area contributed by atoms with Crippen molar-refractivity contribution in [1.82, 2.24) is 10.3 Å². The van der Waals surface area contributed by atoms with Gasteiger partial charge in [-0.25, -0.2) is 0 Å². The zero-order valence-electron chi connectivity index (χ0n) is 8.40. The molecule has 1 unspecified atom stereocenters. The lowest BCUT2D eigenvalue weighted by Gasteiger charge is -2.34. The molecule has 1 amide bonds. The summed E-state index contributed by atoms with van der Waals surface area (Å²) in [6.07, 6.45) is 3.51. The van der Waals surface area contributed by atoms with Gasteiger partial charge in [0, 0.05) is 23.8 Å². The Bertz CT molecular complexity index is 383. The number of nitrogens with zero attached hydrogens (tertiary/aromatic N) is 2. The molecule has 0 aliphatic carbocycles. The summed E-state index contributed by atoms with van der Waals surface area (Å²) in [6.45, 7) is 3.41. The van der Waals surface area contributed by atoms with Crippen LogP contribution in [0.3, 0.4) is 0 Å². The fraction of sp³-hybridized carbons (Fsp3) is 0.400. The van der Waals surface area contributed by atoms with Gasteiger partial charge in [-0.3, -0.25) is 9.78 Å². The molecule has 1 saturated heterocycles. The SMILES string of the molecule is CC1C(=O)NCCN1c1cncc(Br)c1. The molecule has 0 bridgehead atoms. The Morgan fingerprint density at radius 1 is 1.60 bits per heavy atom. The van der Waals surface area contributed by atoms with Crippen molar-refractivity contribution in [3.63, 3.8) is 0 Å². The molecule has 80 valence electrons. The van der Waals surface area contributed by atoms with Crippen molar-refractivity contribution in [2.45, 2.75) is 13.0 Å². The summed E-state index contributed by atoms with van der Waals surface area (Å²) in [5, 5.41) is 2.83. The van der Waals surface area contributed by atoms with Crippen LogP contribution in [-0.2, 0) is 4.79 Å². The van der Waals surface area contributed by atoms with Gasteiger partial charge in [-0.05, 0) is 28.9 Å². The van der Waals surface area contributed by atoms with E-state index in [1.807, 2.05) is 13.0 Å². The first kappa shape index (κ1) is 10.4. The second-order valence-corrected chi connectivity index (χ2v) is 4.44. The standard InChI is InChI=1S/C10H12BrN3O/c1-7-10(15)13-2-3-14(7)9-4-8(11)5-12-6-9/h4-7H,2-3H2,1H3,(H,13,15). The summed E-state index contributed by atoms with van der Waals surface area (Å²) in [4.78, 5) is 17.6. The predicted molar refractivity (Wildman–Crippen MR) is 61.8 cm³/mol.